The van der Waals surface area contributed by atoms with Gasteiger partial charge in [0.25, 0.3) is 0 Å². The van der Waals surface area contributed by atoms with Crippen LogP contribution in [0.25, 0.3) is 21.7 Å². The molecule has 21 heavy (non-hydrogen) atoms. The molecule has 0 saturated heterocycles. The average Bonchev–Trinajstić information content (AvgIpc) is 2.86. The SMILES string of the molecule is Cc1cccnc1-c1nc(Cl)c2c3c(sc2n1)CCCC3. The molecule has 0 N–H and O–H groups in total. The van der Waals surface area contributed by atoms with E-state index in [4.69, 9.17) is 16.6 Å². The van der Waals surface area contributed by atoms with Crippen molar-refractivity contribution < 1.29 is 0 Å². The summed E-state index contributed by atoms with van der Waals surface area (Å²) >= 11 is 8.24. The first kappa shape index (κ1) is 13.2. The summed E-state index contributed by atoms with van der Waals surface area (Å²) in [7, 11) is 0. The first-order chi connectivity index (χ1) is 10.2. The van der Waals surface area contributed by atoms with Gasteiger partial charge in [0, 0.05) is 11.1 Å². The lowest BCUT2D eigenvalue weighted by atomic mass is 9.97. The van der Waals surface area contributed by atoms with Gasteiger partial charge < -0.3 is 0 Å². The Bertz CT molecular complexity index is 841. The molecule has 4 rings (SSSR count). The van der Waals surface area contributed by atoms with Crippen LogP contribution >= 0.6 is 22.9 Å². The minimum Gasteiger partial charge on any atom is -0.253 e. The van der Waals surface area contributed by atoms with Crippen LogP contribution in [0.1, 0.15) is 28.8 Å². The van der Waals surface area contributed by atoms with Gasteiger partial charge in [-0.05, 0) is 49.8 Å². The monoisotopic (exact) mass is 315 g/mol. The van der Waals surface area contributed by atoms with Crippen LogP contribution in [-0.2, 0) is 12.8 Å². The van der Waals surface area contributed by atoms with Crippen molar-refractivity contribution in [2.45, 2.75) is 32.6 Å². The van der Waals surface area contributed by atoms with E-state index in [1.165, 1.54) is 23.3 Å². The number of rotatable bonds is 1. The number of pyridine rings is 1. The second-order valence-electron chi connectivity index (χ2n) is 5.40. The molecule has 3 aromatic rings. The van der Waals surface area contributed by atoms with Gasteiger partial charge in [0.2, 0.25) is 0 Å². The van der Waals surface area contributed by atoms with Crippen molar-refractivity contribution in [3.63, 3.8) is 0 Å². The summed E-state index contributed by atoms with van der Waals surface area (Å²) in [6.07, 6.45) is 6.50. The number of hydrogen-bond donors (Lipinski definition) is 0. The Hall–Kier alpha value is -1.52. The number of aryl methyl sites for hydroxylation is 3. The maximum Gasteiger partial charge on any atom is 0.181 e. The standard InChI is InChI=1S/C16H14ClN3S/c1-9-5-4-8-18-13(9)15-19-14(17)12-10-6-2-3-7-11(10)21-16(12)20-15/h4-5,8H,2-3,6-7H2,1H3. The Morgan fingerprint density at radius 3 is 2.90 bits per heavy atom. The molecule has 0 bridgehead atoms. The maximum absolute atomic E-state index is 6.47. The van der Waals surface area contributed by atoms with E-state index in [0.29, 0.717) is 11.0 Å². The van der Waals surface area contributed by atoms with E-state index >= 15 is 0 Å². The molecule has 5 heteroatoms. The van der Waals surface area contributed by atoms with Crippen molar-refractivity contribution in [2.24, 2.45) is 0 Å². The van der Waals surface area contributed by atoms with Crippen LogP contribution < -0.4 is 0 Å². The van der Waals surface area contributed by atoms with Crippen LogP contribution in [-0.4, -0.2) is 15.0 Å². The third-order valence-corrected chi connectivity index (χ3v) is 5.45. The summed E-state index contributed by atoms with van der Waals surface area (Å²) in [6.45, 7) is 2.02. The molecular formula is C16H14ClN3S. The Balaban J connectivity index is 1.96. The average molecular weight is 316 g/mol. The van der Waals surface area contributed by atoms with Crippen molar-refractivity contribution in [2.75, 3.05) is 0 Å². The van der Waals surface area contributed by atoms with Crippen molar-refractivity contribution >= 4 is 33.2 Å². The smallest absolute Gasteiger partial charge is 0.181 e. The normalized spacial score (nSPS) is 14.4. The van der Waals surface area contributed by atoms with Gasteiger partial charge in [0.1, 0.15) is 15.7 Å². The predicted octanol–water partition coefficient (Wildman–Crippen LogP) is 4.59. The summed E-state index contributed by atoms with van der Waals surface area (Å²) in [4.78, 5) is 16.1. The highest BCUT2D eigenvalue weighted by Crippen LogP contribution is 2.39. The highest BCUT2D eigenvalue weighted by molar-refractivity contribution is 7.19. The van der Waals surface area contributed by atoms with Crippen LogP contribution in [0.15, 0.2) is 18.3 Å². The predicted molar refractivity (Wildman–Crippen MR) is 87.0 cm³/mol. The second-order valence-corrected chi connectivity index (χ2v) is 6.84. The van der Waals surface area contributed by atoms with E-state index in [-0.39, 0.29) is 0 Å². The van der Waals surface area contributed by atoms with Crippen LogP contribution in [0.2, 0.25) is 5.15 Å². The molecule has 0 radical (unpaired) electrons. The molecule has 0 unspecified atom stereocenters. The summed E-state index contributed by atoms with van der Waals surface area (Å²) in [5.41, 5.74) is 3.25. The number of nitrogens with zero attached hydrogens (tertiary/aromatic N) is 3. The quantitative estimate of drug-likeness (QED) is 0.616. The molecule has 0 amide bonds. The van der Waals surface area contributed by atoms with Crippen LogP contribution in [0.3, 0.4) is 0 Å². The molecule has 0 fully saturated rings. The molecule has 0 aromatic carbocycles. The van der Waals surface area contributed by atoms with E-state index in [1.54, 1.807) is 17.5 Å². The fourth-order valence-electron chi connectivity index (χ4n) is 2.94. The molecule has 0 spiro atoms. The molecule has 0 aliphatic heterocycles. The van der Waals surface area contributed by atoms with Gasteiger partial charge in [-0.25, -0.2) is 9.97 Å². The van der Waals surface area contributed by atoms with Gasteiger partial charge in [-0.1, -0.05) is 17.7 Å². The fourth-order valence-corrected chi connectivity index (χ4v) is 4.54. The lowest BCUT2D eigenvalue weighted by Gasteiger charge is -2.10. The molecule has 3 nitrogen and oxygen atoms in total. The van der Waals surface area contributed by atoms with Crippen LogP contribution in [0.4, 0.5) is 0 Å². The summed E-state index contributed by atoms with van der Waals surface area (Å²) in [5.74, 6) is 0.629. The largest absolute Gasteiger partial charge is 0.253 e. The highest BCUT2D eigenvalue weighted by atomic mass is 35.5. The molecule has 3 heterocycles. The lowest BCUT2D eigenvalue weighted by molar-refractivity contribution is 0.700. The molecule has 106 valence electrons. The number of fused-ring (bicyclic) bond motifs is 3. The van der Waals surface area contributed by atoms with Gasteiger partial charge in [-0.3, -0.25) is 4.98 Å². The zero-order valence-electron chi connectivity index (χ0n) is 11.7. The molecule has 0 atom stereocenters. The molecule has 3 aromatic heterocycles. The van der Waals surface area contributed by atoms with E-state index in [1.807, 2.05) is 19.1 Å². The number of halogens is 1. The van der Waals surface area contributed by atoms with Gasteiger partial charge in [-0.2, -0.15) is 0 Å². The van der Waals surface area contributed by atoms with Crippen molar-refractivity contribution in [3.05, 3.63) is 39.5 Å². The van der Waals surface area contributed by atoms with Gasteiger partial charge in [0.05, 0.1) is 5.39 Å². The Kier molecular flexibility index (Phi) is 3.16. The first-order valence-electron chi connectivity index (χ1n) is 7.14. The minimum absolute atomic E-state index is 0.569. The van der Waals surface area contributed by atoms with E-state index in [9.17, 15) is 0 Å². The van der Waals surface area contributed by atoms with Gasteiger partial charge in [0.15, 0.2) is 5.82 Å². The number of hydrogen-bond acceptors (Lipinski definition) is 4. The van der Waals surface area contributed by atoms with Crippen molar-refractivity contribution in [1.29, 1.82) is 0 Å². The lowest BCUT2D eigenvalue weighted by Crippen LogP contribution is -1.99. The molecule has 0 saturated carbocycles. The zero-order valence-corrected chi connectivity index (χ0v) is 13.3. The summed E-state index contributed by atoms with van der Waals surface area (Å²) in [5, 5.41) is 1.63. The number of aromatic nitrogens is 3. The maximum atomic E-state index is 6.47. The second kappa shape index (κ2) is 5.04. The summed E-state index contributed by atoms with van der Waals surface area (Å²) < 4.78 is 0. The Labute approximate surface area is 132 Å². The first-order valence-corrected chi connectivity index (χ1v) is 8.33. The topological polar surface area (TPSA) is 38.7 Å². The molecular weight excluding hydrogens is 302 g/mol. The Morgan fingerprint density at radius 1 is 1.19 bits per heavy atom. The fraction of sp³-hybridized carbons (Fsp3) is 0.312. The van der Waals surface area contributed by atoms with Crippen molar-refractivity contribution in [1.82, 2.24) is 15.0 Å². The molecule has 1 aliphatic carbocycles. The third kappa shape index (κ3) is 2.14. The van der Waals surface area contributed by atoms with E-state index < -0.39 is 0 Å². The molecule has 1 aliphatic rings. The Morgan fingerprint density at radius 2 is 2.05 bits per heavy atom. The van der Waals surface area contributed by atoms with E-state index in [0.717, 1.165) is 34.3 Å². The van der Waals surface area contributed by atoms with Gasteiger partial charge >= 0.3 is 0 Å². The van der Waals surface area contributed by atoms with Crippen LogP contribution in [0, 0.1) is 6.92 Å². The summed E-state index contributed by atoms with van der Waals surface area (Å²) in [6, 6.07) is 3.94. The van der Waals surface area contributed by atoms with Gasteiger partial charge in [-0.15, -0.1) is 11.3 Å². The zero-order chi connectivity index (χ0) is 14.4. The highest BCUT2D eigenvalue weighted by Gasteiger charge is 2.21. The van der Waals surface area contributed by atoms with E-state index in [2.05, 4.69) is 9.97 Å². The van der Waals surface area contributed by atoms with Crippen LogP contribution in [0.5, 0.6) is 0 Å². The minimum atomic E-state index is 0.569. The number of thiophene rings is 1. The van der Waals surface area contributed by atoms with Crippen molar-refractivity contribution in [3.8, 4) is 11.5 Å². The third-order valence-electron chi connectivity index (χ3n) is 3.99.